The molecule has 6 nitrogen and oxygen atoms in total. The maximum Gasteiger partial charge on any atom is 0.410 e. The number of nitrogens with zero attached hydrogens (tertiary/aromatic N) is 3. The summed E-state index contributed by atoms with van der Waals surface area (Å²) in [5.74, 6) is 0.836. The zero-order chi connectivity index (χ0) is 16.4. The Hall–Kier alpha value is -1.72. The van der Waals surface area contributed by atoms with Gasteiger partial charge in [-0.3, -0.25) is 4.99 Å². The highest BCUT2D eigenvalue weighted by molar-refractivity contribution is 5.93. The molecule has 0 spiro atoms. The second-order valence-corrected chi connectivity index (χ2v) is 5.26. The van der Waals surface area contributed by atoms with Gasteiger partial charge in [-0.15, -0.1) is 0 Å². The summed E-state index contributed by atoms with van der Waals surface area (Å²) in [6.45, 7) is 9.59. The third-order valence-electron chi connectivity index (χ3n) is 2.87. The van der Waals surface area contributed by atoms with Gasteiger partial charge >= 0.3 is 6.09 Å². The molecule has 0 aromatic heterocycles. The lowest BCUT2D eigenvalue weighted by atomic mass is 10.3. The molecule has 0 aromatic rings. The molecule has 21 heavy (non-hydrogen) atoms. The van der Waals surface area contributed by atoms with Crippen LogP contribution in [0.1, 0.15) is 34.1 Å². The molecule has 0 radical (unpaired) electrons. The van der Waals surface area contributed by atoms with Crippen LogP contribution < -0.4 is 5.73 Å². The molecule has 0 aliphatic rings. The maximum absolute atomic E-state index is 11.8. The molecule has 0 unspecified atom stereocenters. The second kappa shape index (κ2) is 10.1. The molecule has 0 heterocycles. The number of allylic oxidation sites excluding steroid dienone is 1. The Morgan fingerprint density at radius 1 is 1.38 bits per heavy atom. The van der Waals surface area contributed by atoms with E-state index in [2.05, 4.69) is 4.99 Å². The Balaban J connectivity index is 4.33. The monoisotopic (exact) mass is 298 g/mol. The van der Waals surface area contributed by atoms with E-state index in [4.69, 9.17) is 10.5 Å². The standard InChI is InChI=1S/C15H30N4O2/c1-7-19(15(20)21-12(2)3)10-8-9-18(6)14(17-5)11-13(4)16/h11-12H,7-10,16H2,1-6H3/b13-11-,17-14?. The van der Waals surface area contributed by atoms with Crippen LogP contribution in [0.25, 0.3) is 0 Å². The number of carbonyl (C=O) groups is 1. The van der Waals surface area contributed by atoms with Crippen molar-refractivity contribution in [2.75, 3.05) is 33.7 Å². The summed E-state index contributed by atoms with van der Waals surface area (Å²) in [4.78, 5) is 19.8. The smallest absolute Gasteiger partial charge is 0.410 e. The van der Waals surface area contributed by atoms with E-state index < -0.39 is 0 Å². The molecule has 0 bridgehead atoms. The summed E-state index contributed by atoms with van der Waals surface area (Å²) in [5.41, 5.74) is 6.40. The molecule has 0 saturated heterocycles. The van der Waals surface area contributed by atoms with Crippen molar-refractivity contribution in [2.24, 2.45) is 10.7 Å². The lowest BCUT2D eigenvalue weighted by Gasteiger charge is -2.24. The van der Waals surface area contributed by atoms with Crippen LogP contribution >= 0.6 is 0 Å². The van der Waals surface area contributed by atoms with E-state index in [1.54, 1.807) is 11.9 Å². The molecule has 0 aromatic carbocycles. The molecule has 2 N–H and O–H groups in total. The van der Waals surface area contributed by atoms with Gasteiger partial charge in [-0.1, -0.05) is 0 Å². The summed E-state index contributed by atoms with van der Waals surface area (Å²) in [6, 6.07) is 0. The van der Waals surface area contributed by atoms with Crippen molar-refractivity contribution >= 4 is 11.9 Å². The van der Waals surface area contributed by atoms with Crippen LogP contribution in [0.2, 0.25) is 0 Å². The Morgan fingerprint density at radius 2 is 2.00 bits per heavy atom. The number of aliphatic imine (C=N–C) groups is 1. The summed E-state index contributed by atoms with van der Waals surface area (Å²) >= 11 is 0. The van der Waals surface area contributed by atoms with Gasteiger partial charge in [0.25, 0.3) is 0 Å². The van der Waals surface area contributed by atoms with Gasteiger partial charge < -0.3 is 20.3 Å². The summed E-state index contributed by atoms with van der Waals surface area (Å²) in [6.07, 6.45) is 2.33. The van der Waals surface area contributed by atoms with Crippen molar-refractivity contribution in [1.29, 1.82) is 0 Å². The molecule has 122 valence electrons. The number of nitrogens with two attached hydrogens (primary N) is 1. The zero-order valence-corrected chi connectivity index (χ0v) is 14.2. The van der Waals surface area contributed by atoms with Crippen molar-refractivity contribution in [3.8, 4) is 0 Å². The van der Waals surface area contributed by atoms with Gasteiger partial charge in [-0.05, 0) is 40.2 Å². The van der Waals surface area contributed by atoms with E-state index >= 15 is 0 Å². The van der Waals surface area contributed by atoms with Crippen LogP contribution in [0.5, 0.6) is 0 Å². The van der Waals surface area contributed by atoms with Crippen LogP contribution in [0, 0.1) is 0 Å². The van der Waals surface area contributed by atoms with Gasteiger partial charge in [0.15, 0.2) is 0 Å². The maximum atomic E-state index is 11.8. The minimum atomic E-state index is -0.253. The van der Waals surface area contributed by atoms with Gasteiger partial charge in [0.2, 0.25) is 0 Å². The van der Waals surface area contributed by atoms with E-state index in [0.717, 1.165) is 24.5 Å². The molecule has 0 atom stereocenters. The average Bonchev–Trinajstić information content (AvgIpc) is 2.39. The van der Waals surface area contributed by atoms with Gasteiger partial charge in [-0.2, -0.15) is 0 Å². The number of carbonyl (C=O) groups excluding carboxylic acids is 1. The van der Waals surface area contributed by atoms with Gasteiger partial charge in [0.05, 0.1) is 6.10 Å². The van der Waals surface area contributed by atoms with Crippen LogP contribution in [-0.2, 0) is 4.74 Å². The van der Waals surface area contributed by atoms with Crippen molar-refractivity contribution in [1.82, 2.24) is 9.80 Å². The summed E-state index contributed by atoms with van der Waals surface area (Å²) in [5, 5.41) is 0. The fraction of sp³-hybridized carbons (Fsp3) is 0.733. The Bertz CT molecular complexity index is 374. The molecule has 0 rings (SSSR count). The predicted molar refractivity (Wildman–Crippen MR) is 87.4 cm³/mol. The quantitative estimate of drug-likeness (QED) is 0.577. The fourth-order valence-electron chi connectivity index (χ4n) is 1.82. The minimum Gasteiger partial charge on any atom is -0.447 e. The Labute approximate surface area is 128 Å². The first-order valence-corrected chi connectivity index (χ1v) is 7.39. The molecular weight excluding hydrogens is 268 g/mol. The number of ether oxygens (including phenoxy) is 1. The zero-order valence-electron chi connectivity index (χ0n) is 14.2. The van der Waals surface area contributed by atoms with E-state index in [1.807, 2.05) is 45.7 Å². The minimum absolute atomic E-state index is 0.0919. The highest BCUT2D eigenvalue weighted by Crippen LogP contribution is 2.01. The molecule has 0 aliphatic heterocycles. The largest absolute Gasteiger partial charge is 0.447 e. The molecule has 0 fully saturated rings. The van der Waals surface area contributed by atoms with Crippen molar-refractivity contribution in [3.63, 3.8) is 0 Å². The number of rotatable bonds is 7. The van der Waals surface area contributed by atoms with Gasteiger partial charge in [0.1, 0.15) is 5.84 Å². The van der Waals surface area contributed by atoms with Crippen LogP contribution in [-0.4, -0.2) is 61.6 Å². The number of hydrogen-bond acceptors (Lipinski definition) is 4. The number of hydrogen-bond donors (Lipinski definition) is 1. The third kappa shape index (κ3) is 8.22. The van der Waals surface area contributed by atoms with Crippen molar-refractivity contribution in [3.05, 3.63) is 11.8 Å². The molecule has 0 aliphatic carbocycles. The number of amidine groups is 1. The second-order valence-electron chi connectivity index (χ2n) is 5.26. The van der Waals surface area contributed by atoms with E-state index in [1.165, 1.54) is 0 Å². The number of amides is 1. The first-order chi connectivity index (χ1) is 9.81. The summed E-state index contributed by atoms with van der Waals surface area (Å²) < 4.78 is 5.21. The van der Waals surface area contributed by atoms with Crippen molar-refractivity contribution < 1.29 is 9.53 Å². The molecule has 0 saturated carbocycles. The van der Waals surface area contributed by atoms with E-state index in [9.17, 15) is 4.79 Å². The number of likely N-dealkylation sites (N-methyl/N-ethyl adjacent to an activating group) is 1. The Morgan fingerprint density at radius 3 is 2.43 bits per heavy atom. The summed E-state index contributed by atoms with van der Waals surface area (Å²) in [7, 11) is 3.70. The fourth-order valence-corrected chi connectivity index (χ4v) is 1.82. The predicted octanol–water partition coefficient (Wildman–Crippen LogP) is 2.07. The van der Waals surface area contributed by atoms with Crippen LogP contribution in [0.3, 0.4) is 0 Å². The highest BCUT2D eigenvalue weighted by atomic mass is 16.6. The first kappa shape index (κ1) is 19.3. The first-order valence-electron chi connectivity index (χ1n) is 7.39. The highest BCUT2D eigenvalue weighted by Gasteiger charge is 2.14. The van der Waals surface area contributed by atoms with E-state index in [0.29, 0.717) is 13.1 Å². The molecular formula is C15H30N4O2. The molecule has 1 amide bonds. The van der Waals surface area contributed by atoms with Gasteiger partial charge in [-0.25, -0.2) is 4.79 Å². The van der Waals surface area contributed by atoms with E-state index in [-0.39, 0.29) is 12.2 Å². The normalized spacial score (nSPS) is 12.5. The van der Waals surface area contributed by atoms with Crippen molar-refractivity contribution in [2.45, 2.75) is 40.2 Å². The lowest BCUT2D eigenvalue weighted by Crippen LogP contribution is -2.36. The third-order valence-corrected chi connectivity index (χ3v) is 2.87. The topological polar surface area (TPSA) is 71.2 Å². The van der Waals surface area contributed by atoms with Crippen LogP contribution in [0.15, 0.2) is 16.8 Å². The van der Waals surface area contributed by atoms with Gasteiger partial charge in [0, 0.05) is 39.4 Å². The van der Waals surface area contributed by atoms with Crippen LogP contribution in [0.4, 0.5) is 4.79 Å². The SMILES string of the molecule is CCN(CCCN(C)C(/C=C(/C)N)=NC)C(=O)OC(C)C. The lowest BCUT2D eigenvalue weighted by molar-refractivity contribution is 0.0777. The molecule has 6 heteroatoms. The average molecular weight is 298 g/mol. The Kier molecular flexibility index (Phi) is 9.25.